The Kier molecular flexibility index (Phi) is 14200. The van der Waals surface area contributed by atoms with Crippen molar-refractivity contribution in [3.63, 3.8) is 0 Å². The largest absolute Gasteiger partial charge is 0.412 e. The average Bonchev–Trinajstić information content (AvgIpc) is 0. The molecule has 0 atom stereocenters. The zero-order chi connectivity index (χ0) is 0. The Morgan fingerprint density at radius 2 is 0.375 bits per heavy atom. The van der Waals surface area contributed by atoms with Gasteiger partial charge in [0, 0.05) is 35.6 Å². The predicted molar refractivity (Wildman–Crippen MR) is 28.9 cm³/mol. The average molecular weight is 283 g/mol. The molecule has 59 valence electrons. The summed E-state index contributed by atoms with van der Waals surface area (Å²) in [5.41, 5.74) is 0. The van der Waals surface area contributed by atoms with E-state index in [0.717, 1.165) is 0 Å². The van der Waals surface area contributed by atoms with E-state index in [4.69, 9.17) is 0 Å². The van der Waals surface area contributed by atoms with Gasteiger partial charge >= 0.3 is 0 Å². The van der Waals surface area contributed by atoms with E-state index in [9.17, 15) is 0 Å². The minimum Gasteiger partial charge on any atom is -0.412 e. The van der Waals surface area contributed by atoms with Gasteiger partial charge in [0.15, 0.2) is 0 Å². The Balaban J connectivity index is 0. The summed E-state index contributed by atoms with van der Waals surface area (Å²) in [6.07, 6.45) is 0. The number of hydrogen-bond acceptors (Lipinski definition) is 0. The van der Waals surface area contributed by atoms with Crippen molar-refractivity contribution < 1.29 is 68.5 Å². The normalized spacial score (nSPS) is 0. The van der Waals surface area contributed by atoms with Crippen LogP contribution in [0.4, 0.5) is 0 Å². The van der Waals surface area contributed by atoms with Crippen molar-refractivity contribution in [3.8, 4) is 0 Å². The van der Waals surface area contributed by atoms with Gasteiger partial charge in [0.25, 0.3) is 0 Å². The molecule has 0 aromatic carbocycles. The van der Waals surface area contributed by atoms with E-state index in [2.05, 4.69) is 0 Å². The summed E-state index contributed by atoms with van der Waals surface area (Å²) in [6, 6.07) is 0. The van der Waals surface area contributed by atoms with Crippen molar-refractivity contribution in [3.05, 3.63) is 0 Å². The molecular weight excluding hydrogens is 270 g/mol. The van der Waals surface area contributed by atoms with Gasteiger partial charge in [-0.1, -0.05) is 0 Å². The van der Waals surface area contributed by atoms with Crippen LogP contribution < -0.4 is 0 Å². The van der Waals surface area contributed by atoms with E-state index >= 15 is 0 Å². The summed E-state index contributed by atoms with van der Waals surface area (Å²) in [5, 5.41) is 0. The Bertz CT molecular complexity index is 8.49. The van der Waals surface area contributed by atoms with E-state index in [1.54, 1.807) is 0 Å². The van der Waals surface area contributed by atoms with Gasteiger partial charge in [-0.05, 0) is 0 Å². The summed E-state index contributed by atoms with van der Waals surface area (Å²) in [4.78, 5) is 0. The van der Waals surface area contributed by atoms with E-state index in [0.29, 0.717) is 0 Å². The molecule has 0 rings (SSSR count). The smallest absolute Gasteiger partial charge is 0 e. The molecule has 0 fully saturated rings. The second-order valence-corrected chi connectivity index (χ2v) is 0. The second-order valence-electron chi connectivity index (χ2n) is 0. The van der Waals surface area contributed by atoms with Crippen molar-refractivity contribution >= 4 is 12.4 Å². The summed E-state index contributed by atoms with van der Waals surface area (Å²) in [5.74, 6) is 0. The van der Waals surface area contributed by atoms with Crippen LogP contribution in [0, 0.1) is 35.6 Å². The van der Waals surface area contributed by atoms with Crippen LogP contribution in [-0.4, -0.2) is 32.9 Å². The van der Waals surface area contributed by atoms with Crippen molar-refractivity contribution in [2.75, 3.05) is 0 Å². The molecule has 0 aliphatic heterocycles. The van der Waals surface area contributed by atoms with E-state index in [1.165, 1.54) is 0 Å². The molecule has 0 aliphatic rings. The zero-order valence-electron chi connectivity index (χ0n) is 3.99. The summed E-state index contributed by atoms with van der Waals surface area (Å²) < 4.78 is 0. The molecule has 0 aliphatic carbocycles. The molecule has 0 aromatic rings. The van der Waals surface area contributed by atoms with Crippen LogP contribution in [0.2, 0.25) is 0 Å². The van der Waals surface area contributed by atoms with Crippen LogP contribution in [0.15, 0.2) is 0 Å². The van der Waals surface area contributed by atoms with E-state index in [-0.39, 0.29) is 80.9 Å². The van der Waals surface area contributed by atoms with Gasteiger partial charge in [-0.3, -0.25) is 0 Å². The number of rotatable bonds is 0. The first-order valence-electron chi connectivity index (χ1n) is 0. The van der Waals surface area contributed by atoms with E-state index < -0.39 is 0 Å². The fourth-order valence-electron chi connectivity index (χ4n) is 0. The topological polar surface area (TPSA) is 189 Å². The quantitative estimate of drug-likeness (QED) is 0.414. The van der Waals surface area contributed by atoms with Crippen molar-refractivity contribution in [2.24, 2.45) is 0 Å². The van der Waals surface area contributed by atoms with Crippen LogP contribution in [0.1, 0.15) is 0 Å². The number of hydrogen-bond donors (Lipinski definition) is 0. The fraction of sp³-hybridized carbons (Fsp3) is 0. The summed E-state index contributed by atoms with van der Waals surface area (Å²) >= 11 is 0. The molecule has 0 aromatic heterocycles. The van der Waals surface area contributed by atoms with E-state index in [1.807, 2.05) is 0 Å². The first-order chi connectivity index (χ1) is 0. The third kappa shape index (κ3) is 182. The Hall–Kier alpha value is 1.24. The SMILES string of the molecule is Cl.O.O.O.O.O.O.[La]. The van der Waals surface area contributed by atoms with Gasteiger partial charge in [0.2, 0.25) is 0 Å². The van der Waals surface area contributed by atoms with Crippen LogP contribution in [0.5, 0.6) is 0 Å². The minimum atomic E-state index is 0. The second kappa shape index (κ2) is 279. The van der Waals surface area contributed by atoms with Crippen LogP contribution in [0.3, 0.4) is 0 Å². The van der Waals surface area contributed by atoms with Crippen LogP contribution in [-0.2, 0) is 0 Å². The van der Waals surface area contributed by atoms with Crippen molar-refractivity contribution in [1.82, 2.24) is 0 Å². The number of halogens is 1. The molecule has 0 bridgehead atoms. The first-order valence-corrected chi connectivity index (χ1v) is 0. The third-order valence-electron chi connectivity index (χ3n) is 0. The molecule has 0 saturated carbocycles. The molecule has 0 heterocycles. The molecule has 0 amide bonds. The summed E-state index contributed by atoms with van der Waals surface area (Å²) in [7, 11) is 0. The van der Waals surface area contributed by atoms with Gasteiger partial charge in [0.05, 0.1) is 0 Å². The summed E-state index contributed by atoms with van der Waals surface area (Å²) in [6.45, 7) is 0. The maximum atomic E-state index is 0. The standard InChI is InChI=1S/ClH.La.6H2O/h1H;;6*1H2. The first kappa shape index (κ1) is 406. The monoisotopic (exact) mass is 283 g/mol. The Morgan fingerprint density at radius 1 is 0.375 bits per heavy atom. The molecule has 8 heteroatoms. The molecule has 0 saturated heterocycles. The van der Waals surface area contributed by atoms with Gasteiger partial charge in [0.1, 0.15) is 0 Å². The molecule has 12 N–H and O–H groups in total. The maximum absolute atomic E-state index is 0. The van der Waals surface area contributed by atoms with Crippen LogP contribution in [0.25, 0.3) is 0 Å². The van der Waals surface area contributed by atoms with Crippen molar-refractivity contribution in [2.45, 2.75) is 0 Å². The maximum Gasteiger partial charge on any atom is 0 e. The molecule has 1 radical (unpaired) electrons. The van der Waals surface area contributed by atoms with Gasteiger partial charge in [-0.15, -0.1) is 12.4 Å². The van der Waals surface area contributed by atoms with Gasteiger partial charge in [-0.25, -0.2) is 0 Å². The Labute approximate surface area is 80.5 Å². The molecule has 0 unspecified atom stereocenters. The minimum absolute atomic E-state index is 0. The van der Waals surface area contributed by atoms with Crippen LogP contribution >= 0.6 is 12.4 Å². The molecular formula is H13ClLaO6. The molecule has 0 spiro atoms. The predicted octanol–water partition coefficient (Wildman–Crippen LogP) is -4.53. The fourth-order valence-corrected chi connectivity index (χ4v) is 0. The third-order valence-corrected chi connectivity index (χ3v) is 0. The molecule has 8 heavy (non-hydrogen) atoms. The Morgan fingerprint density at radius 3 is 0.375 bits per heavy atom. The van der Waals surface area contributed by atoms with Crippen molar-refractivity contribution in [1.29, 1.82) is 0 Å². The van der Waals surface area contributed by atoms with Gasteiger partial charge in [-0.2, -0.15) is 0 Å². The zero-order valence-corrected chi connectivity index (χ0v) is 8.43. The molecule has 6 nitrogen and oxygen atoms in total. The van der Waals surface area contributed by atoms with Gasteiger partial charge < -0.3 is 32.9 Å².